The number of amides is 2. The molecule has 0 bridgehead atoms. The molecule has 144 valence electrons. The van der Waals surface area contributed by atoms with Gasteiger partial charge in [0.25, 0.3) is 0 Å². The lowest BCUT2D eigenvalue weighted by molar-refractivity contribution is 0.249. The Balaban J connectivity index is 1.71. The fourth-order valence-corrected chi connectivity index (χ4v) is 4.84. The summed E-state index contributed by atoms with van der Waals surface area (Å²) in [5.41, 5.74) is 1.78. The molecule has 6 heteroatoms. The number of benzene rings is 2. The third-order valence-electron chi connectivity index (χ3n) is 4.35. The lowest BCUT2D eigenvalue weighted by Crippen LogP contribution is -2.39. The summed E-state index contributed by atoms with van der Waals surface area (Å²) in [6.45, 7) is 2.88. The number of para-hydroxylation sites is 1. The number of unbranched alkanes of at least 4 members (excludes halogenated alkanes) is 2. The van der Waals surface area contributed by atoms with Gasteiger partial charge in [0.2, 0.25) is 0 Å². The van der Waals surface area contributed by atoms with Gasteiger partial charge in [-0.2, -0.15) is 11.8 Å². The number of ether oxygens (including phenoxy) is 1. The third kappa shape index (κ3) is 4.93. The molecule has 2 amide bonds. The molecule has 0 atom stereocenters. The van der Waals surface area contributed by atoms with Crippen molar-refractivity contribution in [2.75, 3.05) is 30.1 Å². The first kappa shape index (κ1) is 20.0. The standard InChI is InChI=1S/C21H26N2O2S2/c1-3-4-7-13-26-14-12-22-21(24)23-17-8-5-6-9-19(17)27-20-11-10-16(25-2)15-18(20)23/h5-6,8-11,15H,3-4,7,12-14H2,1-2H3,(H,22,24). The largest absolute Gasteiger partial charge is 0.497 e. The molecule has 1 aliphatic heterocycles. The highest BCUT2D eigenvalue weighted by molar-refractivity contribution is 7.99. The van der Waals surface area contributed by atoms with Crippen LogP contribution >= 0.6 is 23.5 Å². The minimum atomic E-state index is -0.0913. The summed E-state index contributed by atoms with van der Waals surface area (Å²) in [5, 5.41) is 3.08. The van der Waals surface area contributed by atoms with E-state index in [2.05, 4.69) is 18.3 Å². The van der Waals surface area contributed by atoms with Crippen molar-refractivity contribution >= 4 is 40.9 Å². The molecule has 0 radical (unpaired) electrons. The monoisotopic (exact) mass is 402 g/mol. The average molecular weight is 403 g/mol. The molecule has 2 aromatic carbocycles. The Hall–Kier alpha value is -1.79. The fraction of sp³-hybridized carbons (Fsp3) is 0.381. The van der Waals surface area contributed by atoms with E-state index in [1.807, 2.05) is 48.2 Å². The molecule has 1 N–H and O–H groups in total. The van der Waals surface area contributed by atoms with E-state index >= 15 is 0 Å². The Labute approximate surface area is 170 Å². The molecule has 0 saturated heterocycles. The third-order valence-corrected chi connectivity index (χ3v) is 6.55. The molecule has 1 aliphatic rings. The summed E-state index contributed by atoms with van der Waals surface area (Å²) in [7, 11) is 1.64. The zero-order valence-corrected chi connectivity index (χ0v) is 17.5. The van der Waals surface area contributed by atoms with Crippen LogP contribution in [0.2, 0.25) is 0 Å². The minimum absolute atomic E-state index is 0.0913. The summed E-state index contributed by atoms with van der Waals surface area (Å²) in [6, 6.07) is 13.8. The molecular formula is C21H26N2O2S2. The number of urea groups is 1. The minimum Gasteiger partial charge on any atom is -0.497 e. The van der Waals surface area contributed by atoms with E-state index in [1.165, 1.54) is 19.3 Å². The van der Waals surface area contributed by atoms with Crippen LogP contribution < -0.4 is 15.0 Å². The maximum atomic E-state index is 13.0. The summed E-state index contributed by atoms with van der Waals surface area (Å²) < 4.78 is 5.37. The Morgan fingerprint density at radius 3 is 2.74 bits per heavy atom. The van der Waals surface area contributed by atoms with Gasteiger partial charge in [-0.15, -0.1) is 0 Å². The lowest BCUT2D eigenvalue weighted by atomic mass is 10.2. The predicted molar refractivity (Wildman–Crippen MR) is 116 cm³/mol. The van der Waals surface area contributed by atoms with Crippen molar-refractivity contribution in [2.24, 2.45) is 0 Å². The second kappa shape index (κ2) is 9.95. The fourth-order valence-electron chi connectivity index (χ4n) is 2.95. The van der Waals surface area contributed by atoms with Gasteiger partial charge < -0.3 is 10.1 Å². The molecule has 27 heavy (non-hydrogen) atoms. The average Bonchev–Trinajstić information content (AvgIpc) is 2.70. The van der Waals surface area contributed by atoms with Gasteiger partial charge in [0.1, 0.15) is 5.75 Å². The molecule has 0 saturated carbocycles. The van der Waals surface area contributed by atoms with E-state index < -0.39 is 0 Å². The van der Waals surface area contributed by atoms with Gasteiger partial charge in [-0.05, 0) is 36.4 Å². The smallest absolute Gasteiger partial charge is 0.326 e. The normalized spacial score (nSPS) is 12.3. The summed E-state index contributed by atoms with van der Waals surface area (Å²) in [4.78, 5) is 16.9. The molecule has 0 aliphatic carbocycles. The lowest BCUT2D eigenvalue weighted by Gasteiger charge is -2.31. The van der Waals surface area contributed by atoms with Gasteiger partial charge in [-0.3, -0.25) is 4.90 Å². The Bertz CT molecular complexity index is 783. The van der Waals surface area contributed by atoms with Crippen LogP contribution in [0.4, 0.5) is 16.2 Å². The first-order valence-corrected chi connectivity index (χ1v) is 11.3. The molecule has 0 spiro atoms. The van der Waals surface area contributed by atoms with Gasteiger partial charge >= 0.3 is 6.03 Å². The van der Waals surface area contributed by atoms with Crippen molar-refractivity contribution in [1.82, 2.24) is 5.32 Å². The van der Waals surface area contributed by atoms with Gasteiger partial charge in [0.05, 0.1) is 18.5 Å². The summed E-state index contributed by atoms with van der Waals surface area (Å²) in [5.74, 6) is 2.84. The van der Waals surface area contributed by atoms with Gasteiger partial charge in [0.15, 0.2) is 0 Å². The molecule has 3 rings (SSSR count). The van der Waals surface area contributed by atoms with E-state index in [1.54, 1.807) is 23.8 Å². The van der Waals surface area contributed by atoms with Crippen molar-refractivity contribution < 1.29 is 9.53 Å². The number of hydrogen-bond donors (Lipinski definition) is 1. The van der Waals surface area contributed by atoms with Crippen molar-refractivity contribution in [3.8, 4) is 5.75 Å². The van der Waals surface area contributed by atoms with Gasteiger partial charge in [-0.1, -0.05) is 43.7 Å². The van der Waals surface area contributed by atoms with E-state index in [0.29, 0.717) is 6.54 Å². The topological polar surface area (TPSA) is 41.6 Å². The SMILES string of the molecule is CCCCCSCCNC(=O)N1c2ccccc2Sc2ccc(OC)cc21. The predicted octanol–water partition coefficient (Wildman–Crippen LogP) is 5.93. The molecule has 0 unspecified atom stereocenters. The highest BCUT2D eigenvalue weighted by atomic mass is 32.2. The number of fused-ring (bicyclic) bond motifs is 2. The Kier molecular flexibility index (Phi) is 7.35. The number of carbonyl (C=O) groups excluding carboxylic acids is 1. The molecule has 0 aromatic heterocycles. The van der Waals surface area contributed by atoms with E-state index in [0.717, 1.165) is 38.4 Å². The molecule has 1 heterocycles. The van der Waals surface area contributed by atoms with Crippen molar-refractivity contribution in [1.29, 1.82) is 0 Å². The Morgan fingerprint density at radius 1 is 1.11 bits per heavy atom. The zero-order chi connectivity index (χ0) is 19.1. The van der Waals surface area contributed by atoms with Crippen LogP contribution in [0, 0.1) is 0 Å². The second-order valence-electron chi connectivity index (χ2n) is 6.29. The quantitative estimate of drug-likeness (QED) is 0.556. The van der Waals surface area contributed by atoms with E-state index in [4.69, 9.17) is 4.74 Å². The van der Waals surface area contributed by atoms with Crippen LogP contribution in [0.3, 0.4) is 0 Å². The molecule has 2 aromatic rings. The van der Waals surface area contributed by atoms with Crippen LogP contribution in [0.1, 0.15) is 26.2 Å². The first-order chi connectivity index (χ1) is 13.2. The highest BCUT2D eigenvalue weighted by Gasteiger charge is 2.28. The van der Waals surface area contributed by atoms with Crippen LogP contribution in [0.5, 0.6) is 5.75 Å². The zero-order valence-electron chi connectivity index (χ0n) is 15.9. The van der Waals surface area contributed by atoms with Crippen LogP contribution in [0.15, 0.2) is 52.3 Å². The number of rotatable bonds is 8. The highest BCUT2D eigenvalue weighted by Crippen LogP contribution is 2.49. The number of thioether (sulfide) groups is 1. The van der Waals surface area contributed by atoms with Crippen LogP contribution in [-0.4, -0.2) is 31.2 Å². The first-order valence-electron chi connectivity index (χ1n) is 9.35. The number of carbonyl (C=O) groups is 1. The summed E-state index contributed by atoms with van der Waals surface area (Å²) in [6.07, 6.45) is 3.77. The number of anilines is 2. The number of nitrogens with zero attached hydrogens (tertiary/aromatic N) is 1. The number of nitrogens with one attached hydrogen (secondary N) is 1. The van der Waals surface area contributed by atoms with Crippen LogP contribution in [0.25, 0.3) is 0 Å². The van der Waals surface area contributed by atoms with E-state index in [9.17, 15) is 4.79 Å². The van der Waals surface area contributed by atoms with Crippen molar-refractivity contribution in [3.63, 3.8) is 0 Å². The van der Waals surface area contributed by atoms with E-state index in [-0.39, 0.29) is 6.03 Å². The molecule has 4 nitrogen and oxygen atoms in total. The second-order valence-corrected chi connectivity index (χ2v) is 8.60. The van der Waals surface area contributed by atoms with Crippen molar-refractivity contribution in [3.05, 3.63) is 42.5 Å². The van der Waals surface area contributed by atoms with Crippen molar-refractivity contribution in [2.45, 2.75) is 36.0 Å². The molecular weight excluding hydrogens is 376 g/mol. The number of hydrogen-bond acceptors (Lipinski definition) is 4. The number of methoxy groups -OCH3 is 1. The van der Waals surface area contributed by atoms with Gasteiger partial charge in [-0.25, -0.2) is 4.79 Å². The Morgan fingerprint density at radius 2 is 1.93 bits per heavy atom. The maximum Gasteiger partial charge on any atom is 0.326 e. The maximum absolute atomic E-state index is 13.0. The molecule has 0 fully saturated rings. The van der Waals surface area contributed by atoms with Crippen LogP contribution in [-0.2, 0) is 0 Å². The van der Waals surface area contributed by atoms with Gasteiger partial charge in [0, 0.05) is 28.2 Å². The summed E-state index contributed by atoms with van der Waals surface area (Å²) >= 11 is 3.58.